The molecule has 0 aliphatic carbocycles. The Labute approximate surface area is 108 Å². The van der Waals surface area contributed by atoms with Gasteiger partial charge < -0.3 is 5.32 Å². The summed E-state index contributed by atoms with van der Waals surface area (Å²) in [4.78, 5) is 9.07. The molecule has 1 saturated heterocycles. The predicted molar refractivity (Wildman–Crippen MR) is 74.8 cm³/mol. The summed E-state index contributed by atoms with van der Waals surface area (Å²) in [6.45, 7) is 6.30. The molecule has 1 aromatic heterocycles. The molecular formula is C13H21N3S. The molecule has 3 nitrogen and oxygen atoms in total. The molecule has 1 aliphatic rings. The lowest BCUT2D eigenvalue weighted by molar-refractivity contribution is 0.678. The van der Waals surface area contributed by atoms with Crippen molar-refractivity contribution in [1.29, 1.82) is 0 Å². The molecule has 0 radical (unpaired) electrons. The van der Waals surface area contributed by atoms with Gasteiger partial charge in [0.15, 0.2) is 0 Å². The molecule has 17 heavy (non-hydrogen) atoms. The van der Waals surface area contributed by atoms with Crippen molar-refractivity contribution in [3.63, 3.8) is 0 Å². The van der Waals surface area contributed by atoms with Crippen molar-refractivity contribution in [2.24, 2.45) is 0 Å². The van der Waals surface area contributed by atoms with Gasteiger partial charge in [-0.15, -0.1) is 0 Å². The van der Waals surface area contributed by atoms with Gasteiger partial charge in [0, 0.05) is 29.5 Å². The second kappa shape index (κ2) is 5.71. The summed E-state index contributed by atoms with van der Waals surface area (Å²) < 4.78 is 0. The fraction of sp³-hybridized carbons (Fsp3) is 0.692. The number of hydrogen-bond donors (Lipinski definition) is 1. The van der Waals surface area contributed by atoms with Crippen LogP contribution in [0, 0.1) is 6.92 Å². The molecule has 4 heteroatoms. The molecule has 1 aromatic rings. The minimum atomic E-state index is 0.385. The van der Waals surface area contributed by atoms with Crippen LogP contribution < -0.4 is 5.32 Å². The molecule has 0 bridgehead atoms. The Morgan fingerprint density at radius 3 is 2.88 bits per heavy atom. The predicted octanol–water partition coefficient (Wildman–Crippen LogP) is 3.22. The van der Waals surface area contributed by atoms with E-state index in [9.17, 15) is 0 Å². The highest BCUT2D eigenvalue weighted by atomic mass is 32.2. The van der Waals surface area contributed by atoms with Gasteiger partial charge >= 0.3 is 0 Å². The Morgan fingerprint density at radius 2 is 2.24 bits per heavy atom. The van der Waals surface area contributed by atoms with E-state index in [1.165, 1.54) is 24.3 Å². The molecule has 1 atom stereocenters. The summed E-state index contributed by atoms with van der Waals surface area (Å²) in [5.74, 6) is 4.82. The van der Waals surface area contributed by atoms with Crippen molar-refractivity contribution >= 4 is 17.6 Å². The lowest BCUT2D eigenvalue weighted by Crippen LogP contribution is -2.26. The van der Waals surface area contributed by atoms with Crippen LogP contribution in [0.4, 0.5) is 5.82 Å². The summed E-state index contributed by atoms with van der Waals surface area (Å²) in [7, 11) is 0. The molecule has 0 spiro atoms. The maximum atomic E-state index is 4.60. The lowest BCUT2D eigenvalue weighted by atomic mass is 10.2. The zero-order chi connectivity index (χ0) is 12.3. The molecule has 2 rings (SSSR count). The molecule has 1 unspecified atom stereocenters. The van der Waals surface area contributed by atoms with Crippen LogP contribution in [0.3, 0.4) is 0 Å². The number of nitrogens with one attached hydrogen (secondary N) is 1. The smallest absolute Gasteiger partial charge is 0.133 e. The first-order valence-electron chi connectivity index (χ1n) is 6.35. The maximum Gasteiger partial charge on any atom is 0.133 e. The summed E-state index contributed by atoms with van der Waals surface area (Å²) in [5, 5.41) is 3.54. The van der Waals surface area contributed by atoms with Crippen molar-refractivity contribution in [3.05, 3.63) is 17.6 Å². The number of aryl methyl sites for hydroxylation is 1. The third-order valence-electron chi connectivity index (χ3n) is 2.90. The van der Waals surface area contributed by atoms with Gasteiger partial charge in [-0.05, 0) is 25.5 Å². The number of rotatable bonds is 3. The van der Waals surface area contributed by atoms with E-state index < -0.39 is 0 Å². The highest BCUT2D eigenvalue weighted by Gasteiger charge is 2.15. The molecule has 0 saturated carbocycles. The summed E-state index contributed by atoms with van der Waals surface area (Å²) in [6, 6.07) is 2.62. The van der Waals surface area contributed by atoms with Crippen molar-refractivity contribution in [1.82, 2.24) is 9.97 Å². The SMILES string of the molecule is Cc1cc(NC2CCCSC2)nc(C(C)C)n1. The second-order valence-corrected chi connectivity index (χ2v) is 6.12. The fourth-order valence-electron chi connectivity index (χ4n) is 1.99. The summed E-state index contributed by atoms with van der Waals surface area (Å²) in [6.07, 6.45) is 2.57. The molecule has 94 valence electrons. The average Bonchev–Trinajstić information content (AvgIpc) is 2.29. The van der Waals surface area contributed by atoms with Crippen LogP contribution in [0.25, 0.3) is 0 Å². The average molecular weight is 251 g/mol. The number of nitrogens with zero attached hydrogens (tertiary/aromatic N) is 2. The van der Waals surface area contributed by atoms with Crippen molar-refractivity contribution in [2.75, 3.05) is 16.8 Å². The van der Waals surface area contributed by atoms with E-state index in [4.69, 9.17) is 0 Å². The first kappa shape index (κ1) is 12.7. The quantitative estimate of drug-likeness (QED) is 0.895. The Bertz CT molecular complexity index is 373. The van der Waals surface area contributed by atoms with Crippen molar-refractivity contribution in [3.8, 4) is 0 Å². The van der Waals surface area contributed by atoms with E-state index >= 15 is 0 Å². The van der Waals surface area contributed by atoms with Crippen LogP contribution in [0.2, 0.25) is 0 Å². The Hall–Kier alpha value is -0.770. The minimum absolute atomic E-state index is 0.385. The van der Waals surface area contributed by atoms with Gasteiger partial charge in [0.1, 0.15) is 11.6 Å². The molecule has 0 amide bonds. The van der Waals surface area contributed by atoms with Gasteiger partial charge in [-0.2, -0.15) is 11.8 Å². The highest BCUT2D eigenvalue weighted by Crippen LogP contribution is 2.21. The Kier molecular flexibility index (Phi) is 4.26. The monoisotopic (exact) mass is 251 g/mol. The normalized spacial score (nSPS) is 20.6. The zero-order valence-corrected chi connectivity index (χ0v) is 11.7. The van der Waals surface area contributed by atoms with E-state index in [2.05, 4.69) is 29.1 Å². The lowest BCUT2D eigenvalue weighted by Gasteiger charge is -2.23. The van der Waals surface area contributed by atoms with Crippen LogP contribution in [0.5, 0.6) is 0 Å². The Morgan fingerprint density at radius 1 is 1.41 bits per heavy atom. The van der Waals surface area contributed by atoms with Gasteiger partial charge in [0.25, 0.3) is 0 Å². The second-order valence-electron chi connectivity index (χ2n) is 4.97. The third-order valence-corrected chi connectivity index (χ3v) is 4.12. The van der Waals surface area contributed by atoms with Crippen LogP contribution in [0.1, 0.15) is 44.1 Å². The van der Waals surface area contributed by atoms with Gasteiger partial charge in [-0.1, -0.05) is 13.8 Å². The van der Waals surface area contributed by atoms with Gasteiger partial charge in [-0.25, -0.2) is 9.97 Å². The van der Waals surface area contributed by atoms with E-state index in [0.717, 1.165) is 17.3 Å². The number of hydrogen-bond acceptors (Lipinski definition) is 4. The minimum Gasteiger partial charge on any atom is -0.366 e. The van der Waals surface area contributed by atoms with Crippen LogP contribution in [-0.4, -0.2) is 27.5 Å². The fourth-order valence-corrected chi connectivity index (χ4v) is 3.06. The molecule has 2 heterocycles. The number of anilines is 1. The summed E-state index contributed by atoms with van der Waals surface area (Å²) in [5.41, 5.74) is 1.05. The zero-order valence-electron chi connectivity index (χ0n) is 10.9. The molecule has 1 aliphatic heterocycles. The third kappa shape index (κ3) is 3.60. The van der Waals surface area contributed by atoms with Gasteiger partial charge in [-0.3, -0.25) is 0 Å². The molecule has 1 fully saturated rings. The van der Waals surface area contributed by atoms with Crippen molar-refractivity contribution in [2.45, 2.75) is 45.6 Å². The largest absolute Gasteiger partial charge is 0.366 e. The van der Waals surface area contributed by atoms with E-state index in [-0.39, 0.29) is 0 Å². The van der Waals surface area contributed by atoms with Gasteiger partial charge in [0.2, 0.25) is 0 Å². The van der Waals surface area contributed by atoms with E-state index in [1.54, 1.807) is 0 Å². The van der Waals surface area contributed by atoms with Gasteiger partial charge in [0.05, 0.1) is 0 Å². The Balaban J connectivity index is 2.09. The van der Waals surface area contributed by atoms with Crippen LogP contribution in [0.15, 0.2) is 6.07 Å². The first-order valence-corrected chi connectivity index (χ1v) is 7.50. The van der Waals surface area contributed by atoms with Crippen LogP contribution >= 0.6 is 11.8 Å². The maximum absolute atomic E-state index is 4.60. The molecular weight excluding hydrogens is 230 g/mol. The standard InChI is InChI=1S/C13H21N3S/c1-9(2)13-14-10(3)7-12(16-13)15-11-5-4-6-17-8-11/h7,9,11H,4-6,8H2,1-3H3,(H,14,15,16). The molecule has 0 aromatic carbocycles. The highest BCUT2D eigenvalue weighted by molar-refractivity contribution is 7.99. The molecule has 1 N–H and O–H groups in total. The first-order chi connectivity index (χ1) is 8.15. The topological polar surface area (TPSA) is 37.8 Å². The van der Waals surface area contributed by atoms with Crippen LogP contribution in [-0.2, 0) is 0 Å². The van der Waals surface area contributed by atoms with E-state index in [1.807, 2.05) is 24.8 Å². The number of thioether (sulfide) groups is 1. The summed E-state index contributed by atoms with van der Waals surface area (Å²) >= 11 is 2.03. The van der Waals surface area contributed by atoms with Crippen molar-refractivity contribution < 1.29 is 0 Å². The van der Waals surface area contributed by atoms with E-state index in [0.29, 0.717) is 12.0 Å². The number of aromatic nitrogens is 2.